The van der Waals surface area contributed by atoms with Crippen molar-refractivity contribution in [3.05, 3.63) is 88.4 Å². The fourth-order valence-corrected chi connectivity index (χ4v) is 7.37. The molecule has 2 amide bonds. The highest BCUT2D eigenvalue weighted by Gasteiger charge is 2.38. The first-order chi connectivity index (χ1) is 28.2. The molecular formula is C40H50BrF3N12O4. The van der Waals surface area contributed by atoms with Crippen molar-refractivity contribution in [3.8, 4) is 0 Å². The van der Waals surface area contributed by atoms with Gasteiger partial charge in [0.2, 0.25) is 5.95 Å². The number of nitrogens with zero attached hydrogens (tertiary/aromatic N) is 9. The standard InChI is InChI=1S/C19H24N6O.C15H22N4O.C4H3BrN2.C2HF3O2/c1-19(2)10-13-9-14(11-22-16(13)23-19)17(26)25-8-5-15(12-25)24(3)18-20-6-4-7-21-18;1-15(2)7-10-6-11(8-17-13(10)18-15)14(20)19-5-4-12(9-19)16-3;5-4-6-2-1-3-7-4;3-2(4,5)1(6)7/h4,6-7,9,11,15H,5,8,10,12H2,1-3H3,(H,22,23);6,8,12,16H,4-5,7,9H2,1-3H3,(H,17,18);1-3H;(H,6,7)/t15-;12-;;/m00../s1. The van der Waals surface area contributed by atoms with Gasteiger partial charge in [0.15, 0.2) is 4.73 Å². The zero-order valence-corrected chi connectivity index (χ0v) is 35.9. The second kappa shape index (κ2) is 19.3. The number of likely N-dealkylation sites (N-methyl/N-ethyl adjacent to an activating group) is 2. The summed E-state index contributed by atoms with van der Waals surface area (Å²) in [6, 6.07) is 8.21. The van der Waals surface area contributed by atoms with Crippen molar-refractivity contribution in [2.24, 2.45) is 0 Å². The summed E-state index contributed by atoms with van der Waals surface area (Å²) < 4.78 is 32.4. The smallest absolute Gasteiger partial charge is 0.475 e. The maximum absolute atomic E-state index is 12.9. The molecule has 8 rings (SSSR count). The van der Waals surface area contributed by atoms with Crippen molar-refractivity contribution in [1.29, 1.82) is 0 Å². The van der Waals surface area contributed by atoms with Crippen LogP contribution in [0.15, 0.2) is 66.2 Å². The SMILES string of the molecule is Brc1ncccn1.CN(c1ncccn1)[C@H]1CCN(C(=O)c2cnc3c(c2)CC(C)(C)N3)C1.CN[C@H]1CCN(C(=O)c2cnc3c(c2)CC(C)(C)N3)C1.O=C(O)C(F)(F)F. The molecule has 0 aromatic carbocycles. The molecule has 0 unspecified atom stereocenters. The van der Waals surface area contributed by atoms with E-state index in [1.807, 2.05) is 36.0 Å². The summed E-state index contributed by atoms with van der Waals surface area (Å²) in [6.07, 6.45) is 8.86. The number of pyridine rings is 2. The van der Waals surface area contributed by atoms with Gasteiger partial charge in [0, 0.05) is 87.5 Å². The van der Waals surface area contributed by atoms with Crippen LogP contribution in [0.2, 0.25) is 0 Å². The van der Waals surface area contributed by atoms with Crippen molar-refractivity contribution < 1.29 is 32.7 Å². The summed E-state index contributed by atoms with van der Waals surface area (Å²) in [4.78, 5) is 65.2. The van der Waals surface area contributed by atoms with E-state index in [4.69, 9.17) is 9.90 Å². The van der Waals surface area contributed by atoms with E-state index in [9.17, 15) is 22.8 Å². The van der Waals surface area contributed by atoms with Gasteiger partial charge in [-0.05, 0) is 112 Å². The minimum atomic E-state index is -5.08. The van der Waals surface area contributed by atoms with E-state index in [-0.39, 0.29) is 28.9 Å². The third kappa shape index (κ3) is 12.3. The van der Waals surface area contributed by atoms with E-state index in [0.717, 1.165) is 68.1 Å². The number of carboxylic acids is 1. The van der Waals surface area contributed by atoms with Gasteiger partial charge in [0.05, 0.1) is 17.2 Å². The molecule has 2 saturated heterocycles. The van der Waals surface area contributed by atoms with Gasteiger partial charge in [0.1, 0.15) is 11.6 Å². The summed E-state index contributed by atoms with van der Waals surface area (Å²) in [5.41, 5.74) is 3.66. The first kappa shape index (κ1) is 45.6. The number of likely N-dealkylation sites (tertiary alicyclic amines) is 2. The first-order valence-electron chi connectivity index (χ1n) is 19.3. The number of alkyl halides is 3. The van der Waals surface area contributed by atoms with Crippen molar-refractivity contribution in [1.82, 2.24) is 45.0 Å². The molecule has 322 valence electrons. The molecule has 4 aliphatic rings. The van der Waals surface area contributed by atoms with E-state index < -0.39 is 12.1 Å². The van der Waals surface area contributed by atoms with Crippen LogP contribution in [0.3, 0.4) is 0 Å². The number of fused-ring (bicyclic) bond motifs is 2. The third-order valence-corrected chi connectivity index (χ3v) is 10.5. The highest BCUT2D eigenvalue weighted by molar-refractivity contribution is 9.10. The van der Waals surface area contributed by atoms with Crippen LogP contribution in [0.4, 0.5) is 30.8 Å². The number of carbonyl (C=O) groups excluding carboxylic acids is 2. The van der Waals surface area contributed by atoms with Gasteiger partial charge in [-0.2, -0.15) is 13.2 Å². The molecule has 0 aliphatic carbocycles. The van der Waals surface area contributed by atoms with Gasteiger partial charge >= 0.3 is 12.1 Å². The quantitative estimate of drug-likeness (QED) is 0.193. The molecule has 60 heavy (non-hydrogen) atoms. The van der Waals surface area contributed by atoms with Crippen molar-refractivity contribution in [3.63, 3.8) is 0 Å². The molecular weight excluding hydrogens is 849 g/mol. The molecule has 8 heterocycles. The molecule has 16 nitrogen and oxygen atoms in total. The monoisotopic (exact) mass is 898 g/mol. The Balaban J connectivity index is 0.000000176. The van der Waals surface area contributed by atoms with E-state index in [0.29, 0.717) is 34.4 Å². The number of carboxylic acid groups (broad SMARTS) is 1. The number of nitrogens with one attached hydrogen (secondary N) is 3. The maximum Gasteiger partial charge on any atom is 0.490 e. The second-order valence-corrected chi connectivity index (χ2v) is 16.7. The number of aromatic nitrogens is 6. The Morgan fingerprint density at radius 1 is 0.800 bits per heavy atom. The average molecular weight is 900 g/mol. The molecule has 2 fully saturated rings. The normalized spacial score (nSPS) is 19.1. The van der Waals surface area contributed by atoms with E-state index in [1.165, 1.54) is 0 Å². The lowest BCUT2D eigenvalue weighted by molar-refractivity contribution is -0.192. The topological polar surface area (TPSA) is 195 Å². The Kier molecular flexibility index (Phi) is 14.6. The molecule has 4 N–H and O–H groups in total. The van der Waals surface area contributed by atoms with Crippen LogP contribution >= 0.6 is 15.9 Å². The van der Waals surface area contributed by atoms with Crippen LogP contribution in [0.5, 0.6) is 0 Å². The van der Waals surface area contributed by atoms with Crippen LogP contribution in [0, 0.1) is 0 Å². The average Bonchev–Trinajstić information content (AvgIpc) is 4.01. The van der Waals surface area contributed by atoms with Crippen molar-refractivity contribution in [2.75, 3.05) is 55.8 Å². The fraction of sp³-hybridized carbons (Fsp3) is 0.475. The number of anilines is 3. The Morgan fingerprint density at radius 3 is 1.67 bits per heavy atom. The third-order valence-electron chi connectivity index (χ3n) is 10.1. The minimum absolute atomic E-state index is 0.00581. The van der Waals surface area contributed by atoms with Gasteiger partial charge in [-0.15, -0.1) is 0 Å². The molecule has 20 heteroatoms. The number of aliphatic carboxylic acids is 1. The summed E-state index contributed by atoms with van der Waals surface area (Å²) in [5, 5.41) is 17.1. The summed E-state index contributed by atoms with van der Waals surface area (Å²) in [6.45, 7) is 11.6. The van der Waals surface area contributed by atoms with Crippen LogP contribution in [-0.4, -0.2) is 132 Å². The largest absolute Gasteiger partial charge is 0.490 e. The molecule has 0 radical (unpaired) electrons. The second-order valence-electron chi connectivity index (χ2n) is 16.0. The van der Waals surface area contributed by atoms with E-state index in [1.54, 1.807) is 49.3 Å². The van der Waals surface area contributed by atoms with E-state index >= 15 is 0 Å². The van der Waals surface area contributed by atoms with Crippen LogP contribution < -0.4 is 20.9 Å². The predicted molar refractivity (Wildman–Crippen MR) is 223 cm³/mol. The maximum atomic E-state index is 12.9. The number of hydrogen-bond donors (Lipinski definition) is 4. The summed E-state index contributed by atoms with van der Waals surface area (Å²) in [7, 11) is 3.93. The molecule has 0 spiro atoms. The van der Waals surface area contributed by atoms with Gasteiger partial charge < -0.3 is 35.8 Å². The van der Waals surface area contributed by atoms with Gasteiger partial charge in [-0.1, -0.05) is 0 Å². The highest BCUT2D eigenvalue weighted by Crippen LogP contribution is 2.32. The fourth-order valence-electron chi connectivity index (χ4n) is 7.14. The molecule has 0 bridgehead atoms. The highest BCUT2D eigenvalue weighted by atomic mass is 79.9. The molecule has 4 aliphatic heterocycles. The number of hydrogen-bond acceptors (Lipinski definition) is 13. The lowest BCUT2D eigenvalue weighted by Gasteiger charge is -2.24. The Morgan fingerprint density at radius 2 is 1.25 bits per heavy atom. The number of carbonyl (C=O) groups is 3. The Labute approximate surface area is 355 Å². The lowest BCUT2D eigenvalue weighted by Crippen LogP contribution is -2.37. The van der Waals surface area contributed by atoms with Crippen LogP contribution in [0.25, 0.3) is 0 Å². The number of amides is 2. The van der Waals surface area contributed by atoms with Crippen LogP contribution in [0.1, 0.15) is 72.4 Å². The van der Waals surface area contributed by atoms with Gasteiger partial charge in [0.25, 0.3) is 11.8 Å². The van der Waals surface area contributed by atoms with Crippen molar-refractivity contribution >= 4 is 51.3 Å². The zero-order valence-electron chi connectivity index (χ0n) is 34.3. The van der Waals surface area contributed by atoms with E-state index in [2.05, 4.69) is 94.4 Å². The summed E-state index contributed by atoms with van der Waals surface area (Å²) in [5.74, 6) is -0.0997. The lowest BCUT2D eigenvalue weighted by atomic mass is 10.00. The Hall–Kier alpha value is -5.50. The zero-order chi connectivity index (χ0) is 43.8. The summed E-state index contributed by atoms with van der Waals surface area (Å²) >= 11 is 3.09. The number of rotatable bonds is 5. The molecule has 2 atom stereocenters. The predicted octanol–water partition coefficient (Wildman–Crippen LogP) is 5.10. The first-order valence-corrected chi connectivity index (χ1v) is 20.1. The molecule has 4 aromatic rings. The Bertz CT molecular complexity index is 2110. The van der Waals surface area contributed by atoms with Gasteiger partial charge in [-0.25, -0.2) is 34.7 Å². The number of halogens is 4. The van der Waals surface area contributed by atoms with Crippen molar-refractivity contribution in [2.45, 2.75) is 82.7 Å². The molecule has 4 aromatic heterocycles. The minimum Gasteiger partial charge on any atom is -0.475 e. The molecule has 0 saturated carbocycles. The van der Waals surface area contributed by atoms with Gasteiger partial charge in [-0.3, -0.25) is 9.59 Å². The van der Waals surface area contributed by atoms with Crippen LogP contribution in [-0.2, 0) is 17.6 Å².